The Labute approximate surface area is 132 Å². The Morgan fingerprint density at radius 3 is 3.18 bits per heavy atom. The second-order valence-corrected chi connectivity index (χ2v) is 6.93. The molecule has 6 heteroatoms. The highest BCUT2D eigenvalue weighted by molar-refractivity contribution is 7.98. The molecule has 0 saturated heterocycles. The molecule has 2 N–H and O–H groups in total. The standard InChI is InChI=1S/C16H15N5S/c1-2-14-15(11-7-19-21-13(1)11)10-3-4-22-8-12(10)16(20-14)9-5-17-18-6-9/h1-2,5-7,11,13,21H,3-4,8H2,(H,17,18). The summed E-state index contributed by atoms with van der Waals surface area (Å²) < 4.78 is 0. The van der Waals surface area contributed by atoms with Crippen LogP contribution in [0, 0.1) is 0 Å². The number of hydrazone groups is 1. The Bertz CT molecular complexity index is 793. The number of hydrogen-bond donors (Lipinski definition) is 2. The highest BCUT2D eigenvalue weighted by Gasteiger charge is 2.34. The fourth-order valence-electron chi connectivity index (χ4n) is 3.61. The molecule has 0 aromatic carbocycles. The van der Waals surface area contributed by atoms with Crippen LogP contribution in [0.5, 0.6) is 0 Å². The summed E-state index contributed by atoms with van der Waals surface area (Å²) in [6.07, 6.45) is 11.3. The highest BCUT2D eigenvalue weighted by Crippen LogP contribution is 2.41. The minimum Gasteiger partial charge on any atom is -0.302 e. The summed E-state index contributed by atoms with van der Waals surface area (Å²) in [7, 11) is 0. The molecule has 0 saturated carbocycles. The molecule has 0 bridgehead atoms. The van der Waals surface area contributed by atoms with Gasteiger partial charge in [0, 0.05) is 29.6 Å². The van der Waals surface area contributed by atoms with Crippen molar-refractivity contribution in [2.24, 2.45) is 5.10 Å². The van der Waals surface area contributed by atoms with Crippen LogP contribution in [0.4, 0.5) is 0 Å². The van der Waals surface area contributed by atoms with Crippen molar-refractivity contribution in [2.75, 3.05) is 5.75 Å². The Balaban J connectivity index is 1.79. The van der Waals surface area contributed by atoms with E-state index < -0.39 is 0 Å². The number of aromatic amines is 1. The largest absolute Gasteiger partial charge is 0.302 e. The normalized spacial score (nSPS) is 24.5. The summed E-state index contributed by atoms with van der Waals surface area (Å²) in [6.45, 7) is 0. The molecule has 0 spiro atoms. The lowest BCUT2D eigenvalue weighted by atomic mass is 9.81. The molecule has 5 rings (SSSR count). The fourth-order valence-corrected chi connectivity index (χ4v) is 4.62. The van der Waals surface area contributed by atoms with Gasteiger partial charge in [0.25, 0.3) is 0 Å². The van der Waals surface area contributed by atoms with Gasteiger partial charge in [0.2, 0.25) is 0 Å². The van der Waals surface area contributed by atoms with Gasteiger partial charge in [0.1, 0.15) is 0 Å². The minimum absolute atomic E-state index is 0.285. The van der Waals surface area contributed by atoms with Crippen molar-refractivity contribution in [3.8, 4) is 11.3 Å². The molecule has 0 fully saturated rings. The minimum atomic E-state index is 0.285. The van der Waals surface area contributed by atoms with E-state index in [9.17, 15) is 0 Å². The van der Waals surface area contributed by atoms with E-state index in [0.717, 1.165) is 29.1 Å². The maximum Gasteiger partial charge on any atom is 0.0784 e. The summed E-state index contributed by atoms with van der Waals surface area (Å²) in [5.74, 6) is 2.53. The molecule has 4 heterocycles. The SMILES string of the molecule is C1=CC2NN=CC2c2c1nc(-c1cn[nH]c1)c1c2CCSC1. The van der Waals surface area contributed by atoms with Gasteiger partial charge in [-0.05, 0) is 34.9 Å². The third-order valence-electron chi connectivity index (χ3n) is 4.64. The van der Waals surface area contributed by atoms with Gasteiger partial charge < -0.3 is 5.43 Å². The van der Waals surface area contributed by atoms with Gasteiger partial charge >= 0.3 is 0 Å². The van der Waals surface area contributed by atoms with E-state index in [-0.39, 0.29) is 6.04 Å². The zero-order valence-corrected chi connectivity index (χ0v) is 12.7. The Morgan fingerprint density at radius 2 is 2.27 bits per heavy atom. The molecule has 0 amide bonds. The Morgan fingerprint density at radius 1 is 1.27 bits per heavy atom. The molecular formula is C16H15N5S. The first-order valence-electron chi connectivity index (χ1n) is 7.51. The van der Waals surface area contributed by atoms with Gasteiger partial charge in [0.15, 0.2) is 0 Å². The predicted octanol–water partition coefficient (Wildman–Crippen LogP) is 2.33. The summed E-state index contributed by atoms with van der Waals surface area (Å²) in [5, 5.41) is 11.3. The van der Waals surface area contributed by atoms with Gasteiger partial charge in [0.05, 0.1) is 23.6 Å². The van der Waals surface area contributed by atoms with Gasteiger partial charge in [-0.3, -0.25) is 5.10 Å². The van der Waals surface area contributed by atoms with Crippen LogP contribution in [-0.4, -0.2) is 33.2 Å². The predicted molar refractivity (Wildman–Crippen MR) is 88.9 cm³/mol. The smallest absolute Gasteiger partial charge is 0.0784 e. The number of fused-ring (bicyclic) bond motifs is 5. The fraction of sp³-hybridized carbons (Fsp3) is 0.312. The average Bonchev–Trinajstić information content (AvgIpc) is 3.25. The molecule has 22 heavy (non-hydrogen) atoms. The van der Waals surface area contributed by atoms with Crippen LogP contribution in [0.2, 0.25) is 0 Å². The van der Waals surface area contributed by atoms with E-state index in [2.05, 4.69) is 32.9 Å². The number of nitrogens with zero attached hydrogens (tertiary/aromatic N) is 3. The number of aromatic nitrogens is 3. The third kappa shape index (κ3) is 1.70. The molecule has 3 aliphatic rings. The number of H-pyrrole nitrogens is 1. The Kier molecular flexibility index (Phi) is 2.67. The van der Waals surface area contributed by atoms with Crippen molar-refractivity contribution in [1.82, 2.24) is 20.6 Å². The van der Waals surface area contributed by atoms with Crippen molar-refractivity contribution >= 4 is 24.1 Å². The van der Waals surface area contributed by atoms with E-state index in [1.807, 2.05) is 30.4 Å². The van der Waals surface area contributed by atoms with E-state index >= 15 is 0 Å². The number of pyridine rings is 1. The van der Waals surface area contributed by atoms with Crippen LogP contribution in [0.15, 0.2) is 23.6 Å². The van der Waals surface area contributed by atoms with Crippen LogP contribution in [0.3, 0.4) is 0 Å². The lowest BCUT2D eigenvalue weighted by Gasteiger charge is -2.29. The molecule has 2 unspecified atom stereocenters. The maximum absolute atomic E-state index is 4.98. The number of nitrogens with one attached hydrogen (secondary N) is 2. The summed E-state index contributed by atoms with van der Waals surface area (Å²) in [4.78, 5) is 4.98. The monoisotopic (exact) mass is 309 g/mol. The topological polar surface area (TPSA) is 66.0 Å². The van der Waals surface area contributed by atoms with E-state index in [1.54, 1.807) is 0 Å². The van der Waals surface area contributed by atoms with Crippen LogP contribution in [-0.2, 0) is 12.2 Å². The Hall–Kier alpha value is -2.08. The third-order valence-corrected chi connectivity index (χ3v) is 5.62. The van der Waals surface area contributed by atoms with Gasteiger partial charge in [-0.1, -0.05) is 6.08 Å². The van der Waals surface area contributed by atoms with E-state index in [1.165, 1.54) is 22.4 Å². The summed E-state index contributed by atoms with van der Waals surface area (Å²) >= 11 is 1.99. The van der Waals surface area contributed by atoms with Crippen LogP contribution >= 0.6 is 11.8 Å². The van der Waals surface area contributed by atoms with Gasteiger partial charge in [-0.25, -0.2) is 4.98 Å². The highest BCUT2D eigenvalue weighted by atomic mass is 32.2. The first-order chi connectivity index (χ1) is 10.9. The van der Waals surface area contributed by atoms with E-state index in [4.69, 9.17) is 4.98 Å². The van der Waals surface area contributed by atoms with Crippen molar-refractivity contribution in [3.63, 3.8) is 0 Å². The zero-order valence-electron chi connectivity index (χ0n) is 11.9. The zero-order chi connectivity index (χ0) is 14.5. The molecule has 1 aliphatic carbocycles. The second kappa shape index (κ2) is 4.71. The lowest BCUT2D eigenvalue weighted by Crippen LogP contribution is -2.29. The molecule has 110 valence electrons. The van der Waals surface area contributed by atoms with Crippen molar-refractivity contribution in [1.29, 1.82) is 0 Å². The van der Waals surface area contributed by atoms with Crippen molar-refractivity contribution in [2.45, 2.75) is 24.1 Å². The van der Waals surface area contributed by atoms with Crippen molar-refractivity contribution < 1.29 is 0 Å². The molecular weight excluding hydrogens is 294 g/mol. The average molecular weight is 309 g/mol. The molecule has 2 atom stereocenters. The first kappa shape index (κ1) is 12.5. The molecule has 5 nitrogen and oxygen atoms in total. The first-order valence-corrected chi connectivity index (χ1v) is 8.67. The lowest BCUT2D eigenvalue weighted by molar-refractivity contribution is 0.633. The van der Waals surface area contributed by atoms with Crippen LogP contribution < -0.4 is 5.43 Å². The van der Waals surface area contributed by atoms with E-state index in [0.29, 0.717) is 5.92 Å². The van der Waals surface area contributed by atoms with Gasteiger partial charge in [-0.15, -0.1) is 0 Å². The molecule has 2 aromatic rings. The maximum atomic E-state index is 4.98. The van der Waals surface area contributed by atoms with Crippen LogP contribution in [0.1, 0.15) is 28.3 Å². The molecule has 2 aliphatic heterocycles. The summed E-state index contributed by atoms with van der Waals surface area (Å²) in [6, 6.07) is 0.285. The number of hydrogen-bond acceptors (Lipinski definition) is 5. The molecule has 0 radical (unpaired) electrons. The number of rotatable bonds is 1. The number of thioether (sulfide) groups is 1. The second-order valence-electron chi connectivity index (χ2n) is 5.82. The van der Waals surface area contributed by atoms with Gasteiger partial charge in [-0.2, -0.15) is 22.0 Å². The summed E-state index contributed by atoms with van der Waals surface area (Å²) in [5.41, 5.74) is 10.7. The molecule has 2 aromatic heterocycles. The van der Waals surface area contributed by atoms with Crippen LogP contribution in [0.25, 0.3) is 17.3 Å². The quantitative estimate of drug-likeness (QED) is 0.848. The van der Waals surface area contributed by atoms with Crippen molar-refractivity contribution in [3.05, 3.63) is 40.9 Å².